The molecule has 1 aromatic heterocycles. The smallest absolute Gasteiger partial charge is 0.0496 e. The topological polar surface area (TPSA) is 4.93 Å². The van der Waals surface area contributed by atoms with E-state index in [0.29, 0.717) is 0 Å². The van der Waals surface area contributed by atoms with Gasteiger partial charge >= 0.3 is 0 Å². The first-order valence-corrected chi connectivity index (χ1v) is 11.1. The zero-order valence-corrected chi connectivity index (χ0v) is 18.1. The predicted octanol–water partition coefficient (Wildman–Crippen LogP) is 8.01. The molecule has 0 spiro atoms. The molecular weight excluding hydrogens is 326 g/mol. The third-order valence-electron chi connectivity index (χ3n) is 6.60. The number of unbranched alkanes of at least 4 members (excludes halogenated alkanes) is 2. The van der Waals surface area contributed by atoms with Crippen LogP contribution in [0, 0.1) is 0 Å². The molecule has 0 radical (unpaired) electrons. The third kappa shape index (κ3) is 3.79. The van der Waals surface area contributed by atoms with Crippen molar-refractivity contribution < 1.29 is 0 Å². The maximum absolute atomic E-state index is 2.63. The van der Waals surface area contributed by atoms with Gasteiger partial charge in [0.2, 0.25) is 0 Å². The molecule has 3 aromatic rings. The number of rotatable bonds is 9. The summed E-state index contributed by atoms with van der Waals surface area (Å²) in [7, 11) is 0. The van der Waals surface area contributed by atoms with Crippen LogP contribution in [0.4, 0.5) is 0 Å². The first-order chi connectivity index (χ1) is 13.1. The number of hydrogen-bond acceptors (Lipinski definition) is 0. The molecule has 2 aromatic carbocycles. The number of benzene rings is 2. The van der Waals surface area contributed by atoms with Crippen molar-refractivity contribution in [2.75, 3.05) is 0 Å². The van der Waals surface area contributed by atoms with Gasteiger partial charge in [0.25, 0.3) is 0 Å². The standard InChI is InChI=1S/C26H37N/c1-6-10-12-20-14-16-24-22(18-20)23-19-21(13-11-7-2)15-17-25(23)27(24)26(5,8-3)9-4/h14-19H,6-13H2,1-5H3. The lowest BCUT2D eigenvalue weighted by atomic mass is 9.94. The summed E-state index contributed by atoms with van der Waals surface area (Å²) in [5, 5.41) is 2.90. The first kappa shape index (κ1) is 20.0. The zero-order chi connectivity index (χ0) is 19.4. The molecule has 0 unspecified atom stereocenters. The molecule has 0 saturated carbocycles. The Bertz CT molecular complexity index is 830. The lowest BCUT2D eigenvalue weighted by Gasteiger charge is -2.31. The van der Waals surface area contributed by atoms with Crippen LogP contribution in [0.1, 0.15) is 84.3 Å². The fraction of sp³-hybridized carbons (Fsp3) is 0.538. The Morgan fingerprint density at radius 2 is 1.15 bits per heavy atom. The molecule has 0 bridgehead atoms. The molecule has 1 heteroatoms. The second kappa shape index (κ2) is 8.50. The van der Waals surface area contributed by atoms with Crippen LogP contribution in [-0.4, -0.2) is 4.57 Å². The van der Waals surface area contributed by atoms with Crippen molar-refractivity contribution in [1.29, 1.82) is 0 Å². The number of fused-ring (bicyclic) bond motifs is 3. The maximum atomic E-state index is 2.63. The largest absolute Gasteiger partial charge is 0.335 e. The van der Waals surface area contributed by atoms with E-state index in [2.05, 4.69) is 75.6 Å². The SMILES string of the molecule is CCCCc1ccc2c(c1)c1cc(CCCC)ccc1n2C(C)(CC)CC. The molecule has 0 N–H and O–H groups in total. The maximum Gasteiger partial charge on any atom is 0.0496 e. The molecule has 0 amide bonds. The van der Waals surface area contributed by atoms with Crippen LogP contribution in [-0.2, 0) is 18.4 Å². The molecular formula is C26H37N. The Hall–Kier alpha value is -1.76. The fourth-order valence-corrected chi connectivity index (χ4v) is 4.34. The average molecular weight is 364 g/mol. The van der Waals surface area contributed by atoms with Crippen LogP contribution in [0.5, 0.6) is 0 Å². The van der Waals surface area contributed by atoms with Gasteiger partial charge in [0.05, 0.1) is 0 Å². The van der Waals surface area contributed by atoms with E-state index in [0.717, 1.165) is 12.8 Å². The molecule has 0 saturated heterocycles. The summed E-state index contributed by atoms with van der Waals surface area (Å²) in [5.74, 6) is 0. The Morgan fingerprint density at radius 1 is 0.704 bits per heavy atom. The Labute approximate surface area is 165 Å². The van der Waals surface area contributed by atoms with Crippen molar-refractivity contribution in [2.24, 2.45) is 0 Å². The molecule has 0 aliphatic rings. The summed E-state index contributed by atoms with van der Waals surface area (Å²) in [5.41, 5.74) is 5.94. The van der Waals surface area contributed by atoms with E-state index in [4.69, 9.17) is 0 Å². The molecule has 146 valence electrons. The van der Waals surface area contributed by atoms with Crippen molar-refractivity contribution in [2.45, 2.75) is 91.5 Å². The monoisotopic (exact) mass is 363 g/mol. The van der Waals surface area contributed by atoms with E-state index in [9.17, 15) is 0 Å². The molecule has 0 fully saturated rings. The van der Waals surface area contributed by atoms with Crippen molar-refractivity contribution >= 4 is 21.8 Å². The van der Waals surface area contributed by atoms with Crippen LogP contribution in [0.2, 0.25) is 0 Å². The summed E-state index contributed by atoms with van der Waals surface area (Å²) < 4.78 is 2.63. The molecule has 27 heavy (non-hydrogen) atoms. The lowest BCUT2D eigenvalue weighted by molar-refractivity contribution is 0.313. The van der Waals surface area contributed by atoms with Gasteiger partial charge in [-0.15, -0.1) is 0 Å². The van der Waals surface area contributed by atoms with Crippen molar-refractivity contribution in [3.63, 3.8) is 0 Å². The molecule has 0 aliphatic carbocycles. The van der Waals surface area contributed by atoms with Gasteiger partial charge in [0.15, 0.2) is 0 Å². The quantitative estimate of drug-likeness (QED) is 0.363. The zero-order valence-electron chi connectivity index (χ0n) is 18.1. The van der Waals surface area contributed by atoms with Crippen LogP contribution >= 0.6 is 0 Å². The summed E-state index contributed by atoms with van der Waals surface area (Å²) in [6, 6.07) is 14.4. The van der Waals surface area contributed by atoms with Crippen molar-refractivity contribution in [3.05, 3.63) is 47.5 Å². The van der Waals surface area contributed by atoms with Crippen LogP contribution in [0.15, 0.2) is 36.4 Å². The van der Waals surface area contributed by atoms with Crippen LogP contribution < -0.4 is 0 Å². The van der Waals surface area contributed by atoms with E-state index in [-0.39, 0.29) is 5.54 Å². The average Bonchev–Trinajstić information content (AvgIpc) is 3.03. The van der Waals surface area contributed by atoms with Gasteiger partial charge in [-0.2, -0.15) is 0 Å². The highest BCUT2D eigenvalue weighted by Crippen LogP contribution is 2.38. The minimum Gasteiger partial charge on any atom is -0.335 e. The fourth-order valence-electron chi connectivity index (χ4n) is 4.34. The minimum atomic E-state index is 0.163. The Balaban J connectivity index is 2.25. The Morgan fingerprint density at radius 3 is 1.52 bits per heavy atom. The third-order valence-corrected chi connectivity index (χ3v) is 6.60. The highest BCUT2D eigenvalue weighted by molar-refractivity contribution is 6.08. The molecule has 0 aliphatic heterocycles. The number of hydrogen-bond donors (Lipinski definition) is 0. The molecule has 0 atom stereocenters. The number of aromatic nitrogens is 1. The van der Waals surface area contributed by atoms with Crippen molar-refractivity contribution in [1.82, 2.24) is 4.57 Å². The van der Waals surface area contributed by atoms with E-state index >= 15 is 0 Å². The predicted molar refractivity (Wildman–Crippen MR) is 121 cm³/mol. The van der Waals surface area contributed by atoms with Crippen LogP contribution in [0.25, 0.3) is 21.8 Å². The summed E-state index contributed by atoms with van der Waals surface area (Å²) in [6.07, 6.45) is 9.73. The molecule has 1 nitrogen and oxygen atoms in total. The van der Waals surface area contributed by atoms with Gasteiger partial charge in [-0.1, -0.05) is 52.7 Å². The first-order valence-electron chi connectivity index (χ1n) is 11.1. The second-order valence-corrected chi connectivity index (χ2v) is 8.45. The van der Waals surface area contributed by atoms with Gasteiger partial charge in [0.1, 0.15) is 0 Å². The summed E-state index contributed by atoms with van der Waals surface area (Å²) in [6.45, 7) is 11.6. The second-order valence-electron chi connectivity index (χ2n) is 8.45. The Kier molecular flexibility index (Phi) is 6.29. The van der Waals surface area contributed by atoms with E-state index in [1.807, 2.05) is 0 Å². The van der Waals surface area contributed by atoms with Gasteiger partial charge in [-0.05, 0) is 80.8 Å². The summed E-state index contributed by atoms with van der Waals surface area (Å²) in [4.78, 5) is 0. The minimum absolute atomic E-state index is 0.163. The highest BCUT2D eigenvalue weighted by atomic mass is 15.1. The number of aryl methyl sites for hydroxylation is 2. The molecule has 3 rings (SSSR count). The number of nitrogens with zero attached hydrogens (tertiary/aromatic N) is 1. The van der Waals surface area contributed by atoms with E-state index in [1.165, 1.54) is 71.5 Å². The van der Waals surface area contributed by atoms with Crippen LogP contribution in [0.3, 0.4) is 0 Å². The highest BCUT2D eigenvalue weighted by Gasteiger charge is 2.26. The van der Waals surface area contributed by atoms with E-state index in [1.54, 1.807) is 0 Å². The lowest BCUT2D eigenvalue weighted by Crippen LogP contribution is -2.28. The van der Waals surface area contributed by atoms with Gasteiger partial charge in [0, 0.05) is 27.3 Å². The van der Waals surface area contributed by atoms with E-state index < -0.39 is 0 Å². The van der Waals surface area contributed by atoms with Gasteiger partial charge in [-0.25, -0.2) is 0 Å². The normalized spacial score (nSPS) is 12.3. The molecule has 1 heterocycles. The van der Waals surface area contributed by atoms with Gasteiger partial charge < -0.3 is 4.57 Å². The summed E-state index contributed by atoms with van der Waals surface area (Å²) >= 11 is 0. The van der Waals surface area contributed by atoms with Gasteiger partial charge in [-0.3, -0.25) is 0 Å². The van der Waals surface area contributed by atoms with Crippen molar-refractivity contribution in [3.8, 4) is 0 Å².